The largest absolute Gasteiger partial charge is 0.224 e. The lowest BCUT2D eigenvalue weighted by molar-refractivity contribution is 0.469. The van der Waals surface area contributed by atoms with E-state index < -0.39 is 9.84 Å². The van der Waals surface area contributed by atoms with Crippen molar-refractivity contribution in [2.75, 3.05) is 5.75 Å². The summed E-state index contributed by atoms with van der Waals surface area (Å²) in [5, 5.41) is 0. The van der Waals surface area contributed by atoms with E-state index in [-0.39, 0.29) is 5.75 Å². The van der Waals surface area contributed by atoms with Crippen LogP contribution in [-0.4, -0.2) is 14.2 Å². The van der Waals surface area contributed by atoms with Crippen LogP contribution in [0.15, 0.2) is 29.2 Å². The third-order valence-corrected chi connectivity index (χ3v) is 3.76. The van der Waals surface area contributed by atoms with Crippen LogP contribution in [0.1, 0.15) is 47.1 Å². The summed E-state index contributed by atoms with van der Waals surface area (Å²) in [7, 11) is -2.91. The van der Waals surface area contributed by atoms with Crippen molar-refractivity contribution in [3.63, 3.8) is 0 Å². The maximum Gasteiger partial charge on any atom is 0.178 e. The number of benzene rings is 1. The Hall–Kier alpha value is -0.830. The van der Waals surface area contributed by atoms with Gasteiger partial charge in [-0.3, -0.25) is 0 Å². The summed E-state index contributed by atoms with van der Waals surface area (Å²) < 4.78 is 22.5. The normalized spacial score (nSPS) is 15.7. The van der Waals surface area contributed by atoms with Gasteiger partial charge in [-0.15, -0.1) is 0 Å². The van der Waals surface area contributed by atoms with Gasteiger partial charge in [0.2, 0.25) is 0 Å². The fourth-order valence-corrected chi connectivity index (χ4v) is 2.93. The van der Waals surface area contributed by atoms with Gasteiger partial charge in [0.05, 0.1) is 10.6 Å². The number of fused-ring (bicyclic) bond motifs is 1. The highest BCUT2D eigenvalue weighted by Gasteiger charge is 2.24. The van der Waals surface area contributed by atoms with E-state index in [4.69, 9.17) is 0 Å². The molecular formula is C15H26O2S. The zero-order chi connectivity index (χ0) is 14.4. The van der Waals surface area contributed by atoms with Crippen LogP contribution >= 0.6 is 0 Å². The van der Waals surface area contributed by atoms with E-state index in [1.165, 1.54) is 0 Å². The summed E-state index contributed by atoms with van der Waals surface area (Å²) in [5.74, 6) is 0.284. The van der Waals surface area contributed by atoms with Gasteiger partial charge in [-0.25, -0.2) is 8.42 Å². The minimum atomic E-state index is -2.91. The molecule has 1 aromatic carbocycles. The quantitative estimate of drug-likeness (QED) is 0.711. The molecule has 0 amide bonds. The lowest BCUT2D eigenvalue weighted by Crippen LogP contribution is -1.97. The average Bonchev–Trinajstić information content (AvgIpc) is 2.57. The van der Waals surface area contributed by atoms with E-state index in [0.717, 1.165) is 5.56 Å². The van der Waals surface area contributed by atoms with Crippen molar-refractivity contribution in [1.29, 1.82) is 0 Å². The maximum absolute atomic E-state index is 11.3. The van der Waals surface area contributed by atoms with Gasteiger partial charge in [0.1, 0.15) is 0 Å². The third-order valence-electron chi connectivity index (χ3n) is 1.95. The second kappa shape index (κ2) is 6.93. The monoisotopic (exact) mass is 270 g/mol. The summed E-state index contributed by atoms with van der Waals surface area (Å²) in [6, 6.07) is 7.19. The van der Waals surface area contributed by atoms with Crippen molar-refractivity contribution in [3.05, 3.63) is 29.8 Å². The van der Waals surface area contributed by atoms with Crippen LogP contribution in [-0.2, 0) is 16.3 Å². The Balaban J connectivity index is 0.000000354. The van der Waals surface area contributed by atoms with E-state index in [1.54, 1.807) is 12.1 Å². The molecule has 104 valence electrons. The summed E-state index contributed by atoms with van der Waals surface area (Å²) >= 11 is 0. The maximum atomic E-state index is 11.3. The van der Waals surface area contributed by atoms with Crippen LogP contribution < -0.4 is 0 Å². The summed E-state index contributed by atoms with van der Waals surface area (Å²) in [6.07, 6.45) is 0.679. The van der Waals surface area contributed by atoms with Crippen molar-refractivity contribution in [1.82, 2.24) is 0 Å². The lowest BCUT2D eigenvalue weighted by atomic mass is 10.0. The Morgan fingerprint density at radius 1 is 1.00 bits per heavy atom. The van der Waals surface area contributed by atoms with Crippen LogP contribution in [0.3, 0.4) is 0 Å². The topological polar surface area (TPSA) is 34.1 Å². The summed E-state index contributed by atoms with van der Waals surface area (Å²) in [4.78, 5) is 0.528. The smallest absolute Gasteiger partial charge is 0.178 e. The van der Waals surface area contributed by atoms with Gasteiger partial charge in [0, 0.05) is 0 Å². The molecule has 0 aromatic heterocycles. The van der Waals surface area contributed by atoms with Gasteiger partial charge in [-0.1, -0.05) is 59.7 Å². The first kappa shape index (κ1) is 17.2. The molecular weight excluding hydrogens is 244 g/mol. The fraction of sp³-hybridized carbons (Fsp3) is 0.600. The zero-order valence-corrected chi connectivity index (χ0v) is 13.3. The minimum absolute atomic E-state index is 0.284. The van der Waals surface area contributed by atoms with Gasteiger partial charge in [0.25, 0.3) is 0 Å². The van der Waals surface area contributed by atoms with E-state index >= 15 is 0 Å². The van der Waals surface area contributed by atoms with Crippen molar-refractivity contribution in [3.8, 4) is 0 Å². The highest BCUT2D eigenvalue weighted by Crippen LogP contribution is 2.24. The second-order valence-electron chi connectivity index (χ2n) is 5.68. The zero-order valence-electron chi connectivity index (χ0n) is 12.4. The molecule has 3 heteroatoms. The minimum Gasteiger partial charge on any atom is -0.224 e. The van der Waals surface area contributed by atoms with E-state index in [9.17, 15) is 8.42 Å². The fourth-order valence-electron chi connectivity index (χ4n) is 1.37. The van der Waals surface area contributed by atoms with Gasteiger partial charge in [-0.05, 0) is 23.5 Å². The molecule has 0 atom stereocenters. The van der Waals surface area contributed by atoms with E-state index in [0.29, 0.717) is 16.7 Å². The molecule has 0 spiro atoms. The Morgan fingerprint density at radius 3 is 1.89 bits per heavy atom. The van der Waals surface area contributed by atoms with Gasteiger partial charge < -0.3 is 0 Å². The van der Waals surface area contributed by atoms with Crippen LogP contribution in [0.25, 0.3) is 0 Å². The van der Waals surface area contributed by atoms with E-state index in [1.807, 2.05) is 26.0 Å². The predicted molar refractivity (Wildman–Crippen MR) is 78.7 cm³/mol. The molecule has 0 saturated carbocycles. The summed E-state index contributed by atoms with van der Waals surface area (Å²) in [5.41, 5.74) is 1.47. The molecule has 1 aliphatic rings. The van der Waals surface area contributed by atoms with Crippen molar-refractivity contribution in [2.45, 2.75) is 52.9 Å². The first-order valence-electron chi connectivity index (χ1n) is 6.51. The number of aryl methyl sites for hydroxylation is 1. The highest BCUT2D eigenvalue weighted by atomic mass is 32.2. The number of sulfone groups is 1. The van der Waals surface area contributed by atoms with E-state index in [2.05, 4.69) is 27.7 Å². The average molecular weight is 270 g/mol. The molecule has 0 N–H and O–H groups in total. The first-order valence-corrected chi connectivity index (χ1v) is 8.16. The SMILES string of the molecule is CC.CC(C)(C)C.O=S1(=O)CCc2ccccc21. The molecule has 0 aliphatic carbocycles. The van der Waals surface area contributed by atoms with Crippen LogP contribution in [0.5, 0.6) is 0 Å². The molecule has 18 heavy (non-hydrogen) atoms. The lowest BCUT2D eigenvalue weighted by Gasteiger charge is -2.05. The van der Waals surface area contributed by atoms with Gasteiger partial charge in [0.15, 0.2) is 9.84 Å². The summed E-state index contributed by atoms with van der Waals surface area (Å²) in [6.45, 7) is 12.8. The molecule has 2 nitrogen and oxygen atoms in total. The Bertz CT molecular complexity index is 448. The molecule has 0 fully saturated rings. The third kappa shape index (κ3) is 6.20. The molecule has 1 aliphatic heterocycles. The van der Waals surface area contributed by atoms with Crippen molar-refractivity contribution >= 4 is 9.84 Å². The van der Waals surface area contributed by atoms with Crippen LogP contribution in [0, 0.1) is 5.41 Å². The van der Waals surface area contributed by atoms with Crippen LogP contribution in [0.2, 0.25) is 0 Å². The number of rotatable bonds is 0. The Labute approximate surface area is 112 Å². The van der Waals surface area contributed by atoms with Crippen LogP contribution in [0.4, 0.5) is 0 Å². The molecule has 0 bridgehead atoms. The molecule has 2 rings (SSSR count). The van der Waals surface area contributed by atoms with Gasteiger partial charge >= 0.3 is 0 Å². The van der Waals surface area contributed by atoms with Crippen molar-refractivity contribution < 1.29 is 8.42 Å². The van der Waals surface area contributed by atoms with Crippen molar-refractivity contribution in [2.24, 2.45) is 5.41 Å². The molecule has 0 saturated heterocycles. The number of hydrogen-bond acceptors (Lipinski definition) is 2. The van der Waals surface area contributed by atoms with Gasteiger partial charge in [-0.2, -0.15) is 0 Å². The highest BCUT2D eigenvalue weighted by molar-refractivity contribution is 7.91. The standard InChI is InChI=1S/C8H8O2S.C5H12.C2H6/c9-11(10)6-5-7-3-1-2-4-8(7)11;1-5(2,3)4;1-2/h1-4H,5-6H2;1-4H3;1-2H3. The molecule has 1 heterocycles. The number of hydrogen-bond donors (Lipinski definition) is 0. The Kier molecular flexibility index (Phi) is 6.61. The Morgan fingerprint density at radius 2 is 1.44 bits per heavy atom. The predicted octanol–water partition coefficient (Wildman–Crippen LogP) is 4.10. The molecule has 0 unspecified atom stereocenters. The molecule has 0 radical (unpaired) electrons. The second-order valence-corrected chi connectivity index (χ2v) is 7.75. The molecule has 1 aromatic rings. The first-order chi connectivity index (χ1) is 8.20.